The second-order valence-corrected chi connectivity index (χ2v) is 4.51. The number of hydrogen-bond donors (Lipinski definition) is 1. The Morgan fingerprint density at radius 1 is 1.31 bits per heavy atom. The molecule has 0 bridgehead atoms. The predicted molar refractivity (Wildman–Crippen MR) is 66.6 cm³/mol. The summed E-state index contributed by atoms with van der Waals surface area (Å²) in [5.41, 5.74) is 1.15. The molecule has 1 aromatic heterocycles. The molecule has 0 aromatic carbocycles. The van der Waals surface area contributed by atoms with E-state index in [1.54, 1.807) is 0 Å². The van der Waals surface area contributed by atoms with Crippen molar-refractivity contribution in [3.63, 3.8) is 0 Å². The van der Waals surface area contributed by atoms with Crippen molar-refractivity contribution in [1.29, 1.82) is 0 Å². The number of anilines is 1. The molecule has 88 valence electrons. The maximum atomic E-state index is 4.01. The summed E-state index contributed by atoms with van der Waals surface area (Å²) in [5.74, 6) is 0. The van der Waals surface area contributed by atoms with Crippen molar-refractivity contribution in [1.82, 2.24) is 14.8 Å². The summed E-state index contributed by atoms with van der Waals surface area (Å²) in [6, 6.07) is 4.60. The van der Waals surface area contributed by atoms with Gasteiger partial charge in [-0.25, -0.2) is 0 Å². The van der Waals surface area contributed by atoms with Crippen LogP contribution in [-0.2, 0) is 0 Å². The summed E-state index contributed by atoms with van der Waals surface area (Å²) in [5, 5.41) is 3.46. The van der Waals surface area contributed by atoms with Gasteiger partial charge in [0.2, 0.25) is 0 Å². The third-order valence-electron chi connectivity index (χ3n) is 3.20. The van der Waals surface area contributed by atoms with E-state index in [0.717, 1.165) is 25.3 Å². The summed E-state index contributed by atoms with van der Waals surface area (Å²) >= 11 is 0. The van der Waals surface area contributed by atoms with E-state index in [-0.39, 0.29) is 0 Å². The van der Waals surface area contributed by atoms with Gasteiger partial charge in [0.25, 0.3) is 0 Å². The fourth-order valence-electron chi connectivity index (χ4n) is 2.03. The lowest BCUT2D eigenvalue weighted by molar-refractivity contribution is 0.122. The molecule has 1 aromatic rings. The average Bonchev–Trinajstić information content (AvgIpc) is 2.32. The van der Waals surface area contributed by atoms with E-state index in [4.69, 9.17) is 0 Å². The molecule has 1 aliphatic rings. The molecule has 16 heavy (non-hydrogen) atoms. The highest BCUT2D eigenvalue weighted by Gasteiger charge is 2.21. The maximum absolute atomic E-state index is 4.01. The van der Waals surface area contributed by atoms with Crippen molar-refractivity contribution in [2.75, 3.05) is 45.6 Å². The van der Waals surface area contributed by atoms with Crippen LogP contribution in [0.1, 0.15) is 0 Å². The predicted octanol–water partition coefficient (Wildman–Crippen LogP) is 0.739. The first-order valence-electron chi connectivity index (χ1n) is 5.78. The molecular formula is C12H20N4. The second-order valence-electron chi connectivity index (χ2n) is 4.51. The maximum Gasteiger partial charge on any atom is 0.0393 e. The van der Waals surface area contributed by atoms with Crippen LogP contribution < -0.4 is 5.32 Å². The molecule has 2 heterocycles. The van der Waals surface area contributed by atoms with Gasteiger partial charge >= 0.3 is 0 Å². The van der Waals surface area contributed by atoms with Gasteiger partial charge in [-0.2, -0.15) is 0 Å². The van der Waals surface area contributed by atoms with E-state index in [0.29, 0.717) is 6.04 Å². The molecule has 1 fully saturated rings. The summed E-state index contributed by atoms with van der Waals surface area (Å²) in [6.07, 6.45) is 3.64. The topological polar surface area (TPSA) is 31.4 Å². The Balaban J connectivity index is 1.85. The number of aromatic nitrogens is 1. The first-order chi connectivity index (χ1) is 7.75. The zero-order valence-corrected chi connectivity index (χ0v) is 10.1. The first kappa shape index (κ1) is 11.4. The summed E-state index contributed by atoms with van der Waals surface area (Å²) < 4.78 is 0. The number of rotatable bonds is 3. The largest absolute Gasteiger partial charge is 0.383 e. The van der Waals surface area contributed by atoms with Crippen LogP contribution in [0.4, 0.5) is 5.69 Å². The molecule has 0 radical (unpaired) electrons. The van der Waals surface area contributed by atoms with Gasteiger partial charge in [0.05, 0.1) is 0 Å². The van der Waals surface area contributed by atoms with Crippen LogP contribution in [0, 0.1) is 0 Å². The number of nitrogens with zero attached hydrogens (tertiary/aromatic N) is 3. The second kappa shape index (κ2) is 5.27. The van der Waals surface area contributed by atoms with Gasteiger partial charge in [0, 0.05) is 50.3 Å². The Morgan fingerprint density at radius 3 is 2.81 bits per heavy atom. The van der Waals surface area contributed by atoms with Crippen molar-refractivity contribution in [2.45, 2.75) is 6.04 Å². The standard InChI is InChI=1S/C12H20N4/c1-15-7-8-16(2)12(10-15)9-14-11-3-5-13-6-4-11/h3-6,12H,7-10H2,1-2H3,(H,13,14). The van der Waals surface area contributed by atoms with Crippen molar-refractivity contribution < 1.29 is 0 Å². The van der Waals surface area contributed by atoms with E-state index in [1.165, 1.54) is 6.54 Å². The van der Waals surface area contributed by atoms with Crippen molar-refractivity contribution in [3.8, 4) is 0 Å². The smallest absolute Gasteiger partial charge is 0.0393 e. The lowest BCUT2D eigenvalue weighted by Crippen LogP contribution is -2.52. The summed E-state index contributed by atoms with van der Waals surface area (Å²) in [4.78, 5) is 8.82. The zero-order valence-electron chi connectivity index (χ0n) is 10.1. The number of likely N-dealkylation sites (N-methyl/N-ethyl adjacent to an activating group) is 2. The SMILES string of the molecule is CN1CCN(C)C(CNc2ccncc2)C1. The number of pyridine rings is 1. The minimum atomic E-state index is 0.590. The van der Waals surface area contributed by atoms with Crippen molar-refractivity contribution in [3.05, 3.63) is 24.5 Å². The summed E-state index contributed by atoms with van der Waals surface area (Å²) in [7, 11) is 4.39. The van der Waals surface area contributed by atoms with Gasteiger partial charge in [-0.05, 0) is 26.2 Å². The van der Waals surface area contributed by atoms with Gasteiger partial charge in [0.15, 0.2) is 0 Å². The Labute approximate surface area is 97.3 Å². The van der Waals surface area contributed by atoms with E-state index in [9.17, 15) is 0 Å². The molecule has 1 atom stereocenters. The van der Waals surface area contributed by atoms with E-state index in [1.807, 2.05) is 24.5 Å². The molecule has 0 saturated carbocycles. The van der Waals surface area contributed by atoms with Crippen LogP contribution in [0.25, 0.3) is 0 Å². The fourth-order valence-corrected chi connectivity index (χ4v) is 2.03. The average molecular weight is 220 g/mol. The Morgan fingerprint density at radius 2 is 2.06 bits per heavy atom. The minimum Gasteiger partial charge on any atom is -0.383 e. The van der Waals surface area contributed by atoms with Crippen molar-refractivity contribution >= 4 is 5.69 Å². The lowest BCUT2D eigenvalue weighted by atomic mass is 10.2. The molecular weight excluding hydrogens is 200 g/mol. The molecule has 4 nitrogen and oxygen atoms in total. The Hall–Kier alpha value is -1.13. The molecule has 1 aliphatic heterocycles. The molecule has 1 unspecified atom stereocenters. The molecule has 0 aliphatic carbocycles. The Kier molecular flexibility index (Phi) is 3.74. The third-order valence-corrected chi connectivity index (χ3v) is 3.20. The minimum absolute atomic E-state index is 0.590. The zero-order chi connectivity index (χ0) is 11.4. The molecule has 0 amide bonds. The number of nitrogens with one attached hydrogen (secondary N) is 1. The lowest BCUT2D eigenvalue weighted by Gasteiger charge is -2.37. The molecule has 2 rings (SSSR count). The van der Waals surface area contributed by atoms with Crippen LogP contribution in [0.5, 0.6) is 0 Å². The van der Waals surface area contributed by atoms with Gasteiger partial charge in [-0.3, -0.25) is 9.88 Å². The van der Waals surface area contributed by atoms with Crippen LogP contribution in [-0.4, -0.2) is 61.1 Å². The molecule has 0 spiro atoms. The van der Waals surface area contributed by atoms with Crippen LogP contribution in [0.3, 0.4) is 0 Å². The summed E-state index contributed by atoms with van der Waals surface area (Å²) in [6.45, 7) is 4.45. The first-order valence-corrected chi connectivity index (χ1v) is 5.78. The van der Waals surface area contributed by atoms with Crippen LogP contribution in [0.15, 0.2) is 24.5 Å². The fraction of sp³-hybridized carbons (Fsp3) is 0.583. The van der Waals surface area contributed by atoms with Gasteiger partial charge in [-0.15, -0.1) is 0 Å². The van der Waals surface area contributed by atoms with Crippen molar-refractivity contribution in [2.24, 2.45) is 0 Å². The van der Waals surface area contributed by atoms with Gasteiger partial charge < -0.3 is 10.2 Å². The van der Waals surface area contributed by atoms with Gasteiger partial charge in [0.1, 0.15) is 0 Å². The number of hydrogen-bond acceptors (Lipinski definition) is 4. The molecule has 4 heteroatoms. The Bertz CT molecular complexity index is 314. The molecule has 1 saturated heterocycles. The monoisotopic (exact) mass is 220 g/mol. The highest BCUT2D eigenvalue weighted by Crippen LogP contribution is 2.08. The van der Waals surface area contributed by atoms with E-state index in [2.05, 4.69) is 34.2 Å². The van der Waals surface area contributed by atoms with E-state index < -0.39 is 0 Å². The highest BCUT2D eigenvalue weighted by atomic mass is 15.3. The van der Waals surface area contributed by atoms with Crippen LogP contribution >= 0.6 is 0 Å². The molecule has 1 N–H and O–H groups in total. The quantitative estimate of drug-likeness (QED) is 0.814. The normalized spacial score (nSPS) is 23.2. The number of piperazine rings is 1. The van der Waals surface area contributed by atoms with Gasteiger partial charge in [-0.1, -0.05) is 0 Å². The van der Waals surface area contributed by atoms with Crippen LogP contribution in [0.2, 0.25) is 0 Å². The third kappa shape index (κ3) is 2.93. The van der Waals surface area contributed by atoms with E-state index >= 15 is 0 Å². The highest BCUT2D eigenvalue weighted by molar-refractivity contribution is 5.40.